The second-order valence-corrected chi connectivity index (χ2v) is 7.42. The third-order valence-electron chi connectivity index (χ3n) is 3.00. The predicted octanol–water partition coefficient (Wildman–Crippen LogP) is 2.39. The highest BCUT2D eigenvalue weighted by molar-refractivity contribution is 7.98. The van der Waals surface area contributed by atoms with E-state index in [9.17, 15) is 8.42 Å². The molecule has 0 heterocycles. The van der Waals surface area contributed by atoms with Crippen LogP contribution in [0.4, 0.5) is 5.69 Å². The Morgan fingerprint density at radius 3 is 2.43 bits per heavy atom. The summed E-state index contributed by atoms with van der Waals surface area (Å²) in [4.78, 5) is 1.10. The summed E-state index contributed by atoms with van der Waals surface area (Å²) in [5.74, 6) is 0. The molecule has 0 saturated carbocycles. The van der Waals surface area contributed by atoms with Gasteiger partial charge in [0.15, 0.2) is 0 Å². The highest BCUT2D eigenvalue weighted by Crippen LogP contribution is 2.18. The number of thioether (sulfide) groups is 1. The minimum Gasteiger partial charge on any atom is -0.317 e. The van der Waals surface area contributed by atoms with Gasteiger partial charge in [-0.2, -0.15) is 12.7 Å². The van der Waals surface area contributed by atoms with Crippen molar-refractivity contribution in [3.05, 3.63) is 24.3 Å². The lowest BCUT2D eigenvalue weighted by molar-refractivity contribution is 0.458. The molecule has 5 nitrogen and oxygen atoms in total. The molecular weight excluding hydrogens is 306 g/mol. The first kappa shape index (κ1) is 18.3. The molecule has 0 aliphatic heterocycles. The molecule has 0 radical (unpaired) electrons. The van der Waals surface area contributed by atoms with E-state index < -0.39 is 10.2 Å². The van der Waals surface area contributed by atoms with Crippen LogP contribution in [0.25, 0.3) is 0 Å². The molecule has 0 aliphatic carbocycles. The molecule has 2 N–H and O–H groups in total. The lowest BCUT2D eigenvalue weighted by Gasteiger charge is -2.18. The number of hydrogen-bond acceptors (Lipinski definition) is 4. The van der Waals surface area contributed by atoms with Gasteiger partial charge in [0, 0.05) is 24.2 Å². The SMILES string of the molecule is CCCNCCCN(C)S(=O)(=O)Nc1ccc(SC)cc1. The summed E-state index contributed by atoms with van der Waals surface area (Å²) < 4.78 is 28.3. The summed E-state index contributed by atoms with van der Waals surface area (Å²) >= 11 is 1.62. The number of rotatable bonds is 10. The van der Waals surface area contributed by atoms with E-state index in [1.807, 2.05) is 18.4 Å². The van der Waals surface area contributed by atoms with Gasteiger partial charge in [-0.15, -0.1) is 11.8 Å². The first-order valence-corrected chi connectivity index (χ1v) is 9.75. The van der Waals surface area contributed by atoms with E-state index in [-0.39, 0.29) is 0 Å². The van der Waals surface area contributed by atoms with Crippen LogP contribution in [-0.2, 0) is 10.2 Å². The molecule has 0 aliphatic rings. The first-order valence-electron chi connectivity index (χ1n) is 7.08. The minimum absolute atomic E-state index is 0.495. The van der Waals surface area contributed by atoms with Crippen LogP contribution in [0.2, 0.25) is 0 Å². The van der Waals surface area contributed by atoms with Crippen molar-refractivity contribution in [1.82, 2.24) is 9.62 Å². The summed E-state index contributed by atoms with van der Waals surface area (Å²) in [7, 11) is -1.88. The van der Waals surface area contributed by atoms with Crippen molar-refractivity contribution < 1.29 is 8.42 Å². The maximum atomic E-state index is 12.2. The number of nitrogens with one attached hydrogen (secondary N) is 2. The highest BCUT2D eigenvalue weighted by atomic mass is 32.2. The van der Waals surface area contributed by atoms with Gasteiger partial charge in [-0.05, 0) is 56.5 Å². The molecule has 0 saturated heterocycles. The molecule has 0 spiro atoms. The molecule has 0 bridgehead atoms. The number of benzene rings is 1. The predicted molar refractivity (Wildman–Crippen MR) is 91.2 cm³/mol. The third kappa shape index (κ3) is 6.69. The van der Waals surface area contributed by atoms with Crippen LogP contribution >= 0.6 is 11.8 Å². The van der Waals surface area contributed by atoms with Crippen molar-refractivity contribution in [2.75, 3.05) is 37.7 Å². The van der Waals surface area contributed by atoms with Crippen molar-refractivity contribution in [1.29, 1.82) is 0 Å². The van der Waals surface area contributed by atoms with Gasteiger partial charge in [0.25, 0.3) is 0 Å². The average Bonchev–Trinajstić information content (AvgIpc) is 2.47. The summed E-state index contributed by atoms with van der Waals surface area (Å²) in [6.07, 6.45) is 3.87. The van der Waals surface area contributed by atoms with Gasteiger partial charge >= 0.3 is 10.2 Å². The van der Waals surface area contributed by atoms with Crippen LogP contribution in [-0.4, -0.2) is 45.7 Å². The van der Waals surface area contributed by atoms with E-state index in [4.69, 9.17) is 0 Å². The van der Waals surface area contributed by atoms with Crippen molar-refractivity contribution in [3.8, 4) is 0 Å². The Balaban J connectivity index is 2.47. The normalized spacial score (nSPS) is 11.8. The van der Waals surface area contributed by atoms with Gasteiger partial charge in [-0.1, -0.05) is 6.92 Å². The molecular formula is C14H25N3O2S2. The molecule has 0 amide bonds. The smallest absolute Gasteiger partial charge is 0.301 e. The summed E-state index contributed by atoms with van der Waals surface area (Å²) in [5, 5.41) is 3.26. The molecule has 0 fully saturated rings. The molecule has 0 atom stereocenters. The Morgan fingerprint density at radius 1 is 1.19 bits per heavy atom. The Labute approximate surface area is 132 Å². The Morgan fingerprint density at radius 2 is 1.86 bits per heavy atom. The maximum Gasteiger partial charge on any atom is 0.301 e. The Kier molecular flexibility index (Phi) is 8.10. The zero-order chi connectivity index (χ0) is 15.7. The fraction of sp³-hybridized carbons (Fsp3) is 0.571. The third-order valence-corrected chi connectivity index (χ3v) is 5.24. The second-order valence-electron chi connectivity index (χ2n) is 4.76. The maximum absolute atomic E-state index is 12.2. The van der Waals surface area contributed by atoms with Crippen molar-refractivity contribution >= 4 is 27.7 Å². The van der Waals surface area contributed by atoms with E-state index in [2.05, 4.69) is 17.0 Å². The monoisotopic (exact) mass is 331 g/mol. The van der Waals surface area contributed by atoms with Crippen molar-refractivity contribution in [3.63, 3.8) is 0 Å². The molecule has 1 aromatic rings. The van der Waals surface area contributed by atoms with Crippen LogP contribution in [0.5, 0.6) is 0 Å². The first-order chi connectivity index (χ1) is 9.99. The van der Waals surface area contributed by atoms with E-state index in [0.29, 0.717) is 12.2 Å². The van der Waals surface area contributed by atoms with Crippen LogP contribution in [0.3, 0.4) is 0 Å². The summed E-state index contributed by atoms with van der Waals surface area (Å²) in [5.41, 5.74) is 0.587. The number of nitrogens with zero attached hydrogens (tertiary/aromatic N) is 1. The van der Waals surface area contributed by atoms with Gasteiger partial charge in [-0.25, -0.2) is 0 Å². The van der Waals surface area contributed by atoms with Crippen molar-refractivity contribution in [2.24, 2.45) is 0 Å². The Hall–Kier alpha value is -0.760. The average molecular weight is 332 g/mol. The summed E-state index contributed by atoms with van der Waals surface area (Å²) in [6, 6.07) is 7.36. The standard InChI is InChI=1S/C14H25N3O2S2/c1-4-10-15-11-5-12-17(2)21(18,19)16-13-6-8-14(20-3)9-7-13/h6-9,15-16H,4-5,10-12H2,1-3H3. The van der Waals surface area contributed by atoms with Crippen LogP contribution < -0.4 is 10.0 Å². The number of hydrogen-bond donors (Lipinski definition) is 2. The minimum atomic E-state index is -3.48. The molecule has 21 heavy (non-hydrogen) atoms. The van der Waals surface area contributed by atoms with Crippen LogP contribution in [0, 0.1) is 0 Å². The Bertz CT molecular complexity index is 503. The van der Waals surface area contributed by atoms with E-state index in [1.54, 1.807) is 30.9 Å². The van der Waals surface area contributed by atoms with Crippen LogP contribution in [0.15, 0.2) is 29.2 Å². The largest absolute Gasteiger partial charge is 0.317 e. The zero-order valence-corrected chi connectivity index (χ0v) is 14.6. The van der Waals surface area contributed by atoms with Crippen LogP contribution in [0.1, 0.15) is 19.8 Å². The van der Waals surface area contributed by atoms with E-state index >= 15 is 0 Å². The molecule has 0 aromatic heterocycles. The molecule has 1 aromatic carbocycles. The fourth-order valence-corrected chi connectivity index (χ4v) is 3.10. The molecule has 0 unspecified atom stereocenters. The molecule has 1 rings (SSSR count). The fourth-order valence-electron chi connectivity index (χ4n) is 1.73. The second kappa shape index (κ2) is 9.30. The quantitative estimate of drug-likeness (QED) is 0.510. The van der Waals surface area contributed by atoms with E-state index in [1.165, 1.54) is 4.31 Å². The van der Waals surface area contributed by atoms with Gasteiger partial charge in [-0.3, -0.25) is 4.72 Å². The molecule has 7 heteroatoms. The lowest BCUT2D eigenvalue weighted by Crippen LogP contribution is -2.34. The van der Waals surface area contributed by atoms with Gasteiger partial charge < -0.3 is 5.32 Å². The molecule has 120 valence electrons. The van der Waals surface area contributed by atoms with Gasteiger partial charge in [0.2, 0.25) is 0 Å². The van der Waals surface area contributed by atoms with E-state index in [0.717, 1.165) is 30.8 Å². The van der Waals surface area contributed by atoms with Gasteiger partial charge in [0.1, 0.15) is 0 Å². The lowest BCUT2D eigenvalue weighted by atomic mass is 10.3. The summed E-state index contributed by atoms with van der Waals surface area (Å²) in [6.45, 7) is 4.40. The van der Waals surface area contributed by atoms with Crippen molar-refractivity contribution in [2.45, 2.75) is 24.7 Å². The zero-order valence-electron chi connectivity index (χ0n) is 12.9. The topological polar surface area (TPSA) is 61.4 Å². The highest BCUT2D eigenvalue weighted by Gasteiger charge is 2.16. The number of anilines is 1. The van der Waals surface area contributed by atoms with Gasteiger partial charge in [0.05, 0.1) is 0 Å².